The molecule has 0 bridgehead atoms. The molecule has 10 heteroatoms. The summed E-state index contributed by atoms with van der Waals surface area (Å²) in [5, 5.41) is 2.33. The van der Waals surface area contributed by atoms with Gasteiger partial charge in [0.05, 0.1) is 24.0 Å². The van der Waals surface area contributed by atoms with Gasteiger partial charge in [0.1, 0.15) is 6.23 Å². The third-order valence-electron chi connectivity index (χ3n) is 3.54. The molecule has 2 N–H and O–H groups in total. The van der Waals surface area contributed by atoms with Crippen molar-refractivity contribution in [1.82, 2.24) is 10.2 Å². The first-order valence-corrected chi connectivity index (χ1v) is 10.2. The Kier molecular flexibility index (Phi) is 6.17. The minimum Gasteiger partial charge on any atom is -0.352 e. The number of nitrogens with one attached hydrogen (secondary N) is 1. The van der Waals surface area contributed by atoms with Gasteiger partial charge in [0.15, 0.2) is 5.83 Å². The fraction of sp³-hybridized carbons (Fsp3) is 0.643. The van der Waals surface area contributed by atoms with Gasteiger partial charge in [-0.15, -0.1) is 0 Å². The van der Waals surface area contributed by atoms with Crippen molar-refractivity contribution in [3.05, 3.63) is 24.3 Å². The quantitative estimate of drug-likeness (QED) is 0.690. The van der Waals surface area contributed by atoms with E-state index in [0.29, 0.717) is 12.8 Å². The van der Waals surface area contributed by atoms with Crippen molar-refractivity contribution in [2.45, 2.75) is 58.2 Å². The first-order valence-electron chi connectivity index (χ1n) is 7.60. The molecule has 2 rings (SSSR count). The molecule has 0 aliphatic carbocycles. The lowest BCUT2D eigenvalue weighted by Crippen LogP contribution is -2.46. The molecule has 2 heterocycles. The van der Waals surface area contributed by atoms with E-state index >= 15 is 0 Å². The van der Waals surface area contributed by atoms with Gasteiger partial charge in [0.25, 0.3) is 0 Å². The van der Waals surface area contributed by atoms with Crippen LogP contribution in [0.25, 0.3) is 0 Å². The fourth-order valence-electron chi connectivity index (χ4n) is 2.49. The summed E-state index contributed by atoms with van der Waals surface area (Å²) in [7, 11) is 0. The minimum atomic E-state index is -3.36. The van der Waals surface area contributed by atoms with Gasteiger partial charge >= 0.3 is 12.7 Å². The molecule has 24 heavy (non-hydrogen) atoms. The first kappa shape index (κ1) is 19.5. The van der Waals surface area contributed by atoms with Gasteiger partial charge in [-0.25, -0.2) is 9.18 Å². The summed E-state index contributed by atoms with van der Waals surface area (Å²) in [6, 6.07) is -0.504. The molecule has 136 valence electrons. The van der Waals surface area contributed by atoms with Crippen molar-refractivity contribution >= 4 is 24.6 Å². The van der Waals surface area contributed by atoms with E-state index in [1.54, 1.807) is 20.8 Å². The molecule has 0 spiro atoms. The number of hydrogen-bond donors (Lipinski definition) is 2. The molecule has 2 aliphatic heterocycles. The van der Waals surface area contributed by atoms with Gasteiger partial charge in [-0.2, -0.15) is 0 Å². The van der Waals surface area contributed by atoms with Crippen LogP contribution < -0.4 is 5.32 Å². The van der Waals surface area contributed by atoms with E-state index in [0.717, 1.165) is 11.1 Å². The Bertz CT molecular complexity index is 600. The number of nitrogens with zero attached hydrogens (tertiary/aromatic N) is 1. The Hall–Kier alpha value is -0.830. The molecule has 0 saturated carbocycles. The van der Waals surface area contributed by atoms with Crippen LogP contribution in [0, 0.1) is 0 Å². The van der Waals surface area contributed by atoms with Crippen LogP contribution in [-0.4, -0.2) is 40.4 Å². The molecule has 2 amide bonds. The molecule has 0 aromatic rings. The third kappa shape index (κ3) is 4.84. The zero-order chi connectivity index (χ0) is 18.1. The maximum atomic E-state index is 13.6. The van der Waals surface area contributed by atoms with Crippen LogP contribution in [0.3, 0.4) is 0 Å². The highest BCUT2D eigenvalue weighted by molar-refractivity contribution is 8.07. The fourth-order valence-corrected chi connectivity index (χ4v) is 4.55. The molecule has 2 aliphatic rings. The van der Waals surface area contributed by atoms with Crippen LogP contribution in [0.4, 0.5) is 9.18 Å². The SMILES string of the molecule is C=C1NC(=O)N(C2CCC([C@H](C)OP(O)(=S)OC(C)C)O2)C=C1F. The summed E-state index contributed by atoms with van der Waals surface area (Å²) >= 11 is 4.96. The van der Waals surface area contributed by atoms with Crippen molar-refractivity contribution in [1.29, 1.82) is 0 Å². The van der Waals surface area contributed by atoms with E-state index in [2.05, 4.69) is 11.9 Å². The molecule has 3 unspecified atom stereocenters. The maximum Gasteiger partial charge on any atom is 0.328 e. The Labute approximate surface area is 145 Å². The summed E-state index contributed by atoms with van der Waals surface area (Å²) in [5.74, 6) is -0.623. The number of carbonyl (C=O) groups excluding carboxylic acids is 1. The van der Waals surface area contributed by atoms with Crippen LogP contribution in [0.15, 0.2) is 24.3 Å². The van der Waals surface area contributed by atoms with Crippen LogP contribution in [0.2, 0.25) is 0 Å². The summed E-state index contributed by atoms with van der Waals surface area (Å²) in [5.41, 5.74) is -0.0747. The predicted molar refractivity (Wildman–Crippen MR) is 89.9 cm³/mol. The second kappa shape index (κ2) is 7.59. The highest BCUT2D eigenvalue weighted by Gasteiger charge is 2.38. The monoisotopic (exact) mass is 380 g/mol. The van der Waals surface area contributed by atoms with Crippen molar-refractivity contribution in [2.24, 2.45) is 0 Å². The molecular weight excluding hydrogens is 358 g/mol. The number of rotatable bonds is 6. The van der Waals surface area contributed by atoms with E-state index < -0.39 is 37.0 Å². The van der Waals surface area contributed by atoms with Gasteiger partial charge in [0, 0.05) is 6.20 Å². The predicted octanol–water partition coefficient (Wildman–Crippen LogP) is 2.89. The maximum absolute atomic E-state index is 13.6. The van der Waals surface area contributed by atoms with Crippen LogP contribution in [0.1, 0.15) is 33.6 Å². The first-order chi connectivity index (χ1) is 11.1. The Morgan fingerprint density at radius 1 is 1.50 bits per heavy atom. The molecule has 1 fully saturated rings. The highest BCUT2D eigenvalue weighted by Crippen LogP contribution is 2.47. The Morgan fingerprint density at radius 2 is 2.17 bits per heavy atom. The molecular formula is C14H22FN2O5PS. The van der Waals surface area contributed by atoms with Gasteiger partial charge in [-0.3, -0.25) is 4.90 Å². The number of amides is 2. The van der Waals surface area contributed by atoms with Crippen LogP contribution in [-0.2, 0) is 25.6 Å². The van der Waals surface area contributed by atoms with E-state index in [1.165, 1.54) is 0 Å². The zero-order valence-electron chi connectivity index (χ0n) is 13.8. The zero-order valence-corrected chi connectivity index (χ0v) is 15.5. The molecule has 4 atom stereocenters. The third-order valence-corrected chi connectivity index (χ3v) is 5.34. The standard InChI is InChI=1S/C14H22FN2O5PS/c1-8(2)21-23(19,24)22-10(4)12-5-6-13(20-12)17-7-11(15)9(3)16-14(17)18/h7-8,10,12-13H,3,5-6H2,1-2,4H3,(H,16,18)(H,19,24)/t10-,12?,13?,23?/m0/s1. The van der Waals surface area contributed by atoms with E-state index in [4.69, 9.17) is 25.6 Å². The minimum absolute atomic E-state index is 0.0747. The van der Waals surface area contributed by atoms with E-state index in [-0.39, 0.29) is 11.8 Å². The summed E-state index contributed by atoms with van der Waals surface area (Å²) in [4.78, 5) is 23.1. The number of allylic oxidation sites excluding steroid dienone is 1. The van der Waals surface area contributed by atoms with Crippen molar-refractivity contribution in [3.8, 4) is 0 Å². The lowest BCUT2D eigenvalue weighted by molar-refractivity contribution is -0.0603. The molecule has 1 saturated heterocycles. The lowest BCUT2D eigenvalue weighted by atomic mass is 10.1. The number of halogens is 1. The van der Waals surface area contributed by atoms with Gasteiger partial charge < -0.3 is 24.0 Å². The van der Waals surface area contributed by atoms with Crippen molar-refractivity contribution in [2.75, 3.05) is 0 Å². The normalized spacial score (nSPS) is 28.6. The van der Waals surface area contributed by atoms with Gasteiger partial charge in [-0.1, -0.05) is 6.58 Å². The molecule has 0 aromatic carbocycles. The smallest absolute Gasteiger partial charge is 0.328 e. The average molecular weight is 380 g/mol. The average Bonchev–Trinajstić information content (AvgIpc) is 2.90. The number of urea groups is 1. The Balaban J connectivity index is 1.96. The second-order valence-corrected chi connectivity index (χ2v) is 8.68. The number of carbonyl (C=O) groups is 1. The largest absolute Gasteiger partial charge is 0.352 e. The molecule has 7 nitrogen and oxygen atoms in total. The number of ether oxygens (including phenoxy) is 1. The van der Waals surface area contributed by atoms with Gasteiger partial charge in [0.2, 0.25) is 0 Å². The highest BCUT2D eigenvalue weighted by atomic mass is 32.5. The van der Waals surface area contributed by atoms with Crippen molar-refractivity contribution in [3.63, 3.8) is 0 Å². The van der Waals surface area contributed by atoms with Crippen LogP contribution in [0.5, 0.6) is 0 Å². The molecule has 0 aromatic heterocycles. The van der Waals surface area contributed by atoms with Crippen LogP contribution >= 0.6 is 6.72 Å². The summed E-state index contributed by atoms with van der Waals surface area (Å²) in [6.07, 6.45) is 0.337. The summed E-state index contributed by atoms with van der Waals surface area (Å²) < 4.78 is 30.1. The second-order valence-electron chi connectivity index (χ2n) is 5.93. The van der Waals surface area contributed by atoms with E-state index in [9.17, 15) is 14.1 Å². The Morgan fingerprint density at radius 3 is 2.79 bits per heavy atom. The number of hydrogen-bond acceptors (Lipinski definition) is 5. The van der Waals surface area contributed by atoms with Gasteiger partial charge in [-0.05, 0) is 45.4 Å². The summed E-state index contributed by atoms with van der Waals surface area (Å²) in [6.45, 7) is 5.24. The van der Waals surface area contributed by atoms with E-state index in [1.807, 2.05) is 0 Å². The lowest BCUT2D eigenvalue weighted by Gasteiger charge is -2.30. The van der Waals surface area contributed by atoms with Crippen molar-refractivity contribution < 1.29 is 27.9 Å². The molecule has 0 radical (unpaired) electrons. The topological polar surface area (TPSA) is 80.3 Å².